The highest BCUT2D eigenvalue weighted by atomic mass is 16.7. The van der Waals surface area contributed by atoms with Crippen LogP contribution in [0.5, 0.6) is 34.5 Å². The minimum Gasteiger partial charge on any atom is -0.493 e. The van der Waals surface area contributed by atoms with Crippen LogP contribution in [0.4, 0.5) is 11.4 Å². The van der Waals surface area contributed by atoms with E-state index in [2.05, 4.69) is 46.0 Å². The van der Waals surface area contributed by atoms with Crippen molar-refractivity contribution in [2.24, 2.45) is 0 Å². The SMILES string of the molecule is COc1cc(-c2ccc(N(C)CCCN(C)c3ccc(-c4cc(OC)c5c(c4)OCO5)nc3)cn2)cc2c1OCO2. The monoisotopic (exact) mass is 556 g/mol. The molecule has 0 radical (unpaired) electrons. The van der Waals surface area contributed by atoms with E-state index >= 15 is 0 Å². The van der Waals surface area contributed by atoms with Gasteiger partial charge < -0.3 is 38.2 Å². The smallest absolute Gasteiger partial charge is 0.231 e. The van der Waals surface area contributed by atoms with Gasteiger partial charge in [0.2, 0.25) is 25.1 Å². The number of pyridine rings is 2. The van der Waals surface area contributed by atoms with E-state index in [4.69, 9.17) is 28.4 Å². The van der Waals surface area contributed by atoms with Crippen molar-refractivity contribution < 1.29 is 28.4 Å². The fourth-order valence-electron chi connectivity index (χ4n) is 4.92. The molecule has 0 spiro atoms. The van der Waals surface area contributed by atoms with Crippen molar-refractivity contribution in [2.75, 3.05) is 64.8 Å². The zero-order chi connectivity index (χ0) is 28.3. The number of anilines is 2. The normalized spacial score (nSPS) is 12.8. The Hall–Kier alpha value is -4.86. The molecule has 41 heavy (non-hydrogen) atoms. The molecule has 0 aliphatic carbocycles. The van der Waals surface area contributed by atoms with E-state index in [1.807, 2.05) is 48.8 Å². The molecule has 4 heterocycles. The number of hydrogen-bond acceptors (Lipinski definition) is 10. The quantitative estimate of drug-likeness (QED) is 0.258. The van der Waals surface area contributed by atoms with Gasteiger partial charge in [-0.25, -0.2) is 0 Å². The summed E-state index contributed by atoms with van der Waals surface area (Å²) in [5, 5.41) is 0. The van der Waals surface area contributed by atoms with Crippen LogP contribution in [0, 0.1) is 0 Å². The van der Waals surface area contributed by atoms with Gasteiger partial charge in [0.05, 0.1) is 49.4 Å². The molecule has 0 saturated carbocycles. The molecule has 0 N–H and O–H groups in total. The van der Waals surface area contributed by atoms with Crippen LogP contribution in [0.15, 0.2) is 60.9 Å². The average Bonchev–Trinajstić information content (AvgIpc) is 3.70. The zero-order valence-electron chi connectivity index (χ0n) is 23.5. The molecule has 0 fully saturated rings. The highest BCUT2D eigenvalue weighted by Gasteiger charge is 2.22. The molecule has 212 valence electrons. The molecular formula is C31H32N4O6. The number of rotatable bonds is 10. The van der Waals surface area contributed by atoms with E-state index in [1.165, 1.54) is 0 Å². The van der Waals surface area contributed by atoms with Gasteiger partial charge >= 0.3 is 0 Å². The van der Waals surface area contributed by atoms with Gasteiger partial charge in [-0.05, 0) is 55.0 Å². The van der Waals surface area contributed by atoms with Crippen LogP contribution in [0.2, 0.25) is 0 Å². The van der Waals surface area contributed by atoms with E-state index in [0.29, 0.717) is 34.5 Å². The number of fused-ring (bicyclic) bond motifs is 2. The van der Waals surface area contributed by atoms with Gasteiger partial charge in [0.15, 0.2) is 23.0 Å². The first-order chi connectivity index (χ1) is 20.0. The second-order valence-electron chi connectivity index (χ2n) is 9.82. The second kappa shape index (κ2) is 11.3. The van der Waals surface area contributed by atoms with E-state index in [9.17, 15) is 0 Å². The average molecular weight is 557 g/mol. The Morgan fingerprint density at radius 3 is 1.51 bits per heavy atom. The van der Waals surface area contributed by atoms with Gasteiger partial charge in [-0.2, -0.15) is 0 Å². The van der Waals surface area contributed by atoms with Crippen LogP contribution in [0.3, 0.4) is 0 Å². The van der Waals surface area contributed by atoms with Crippen LogP contribution >= 0.6 is 0 Å². The van der Waals surface area contributed by atoms with Crippen molar-refractivity contribution in [1.29, 1.82) is 0 Å². The first kappa shape index (κ1) is 26.4. The molecule has 0 bridgehead atoms. The second-order valence-corrected chi connectivity index (χ2v) is 9.82. The minimum atomic E-state index is 0.195. The number of aromatic nitrogens is 2. The minimum absolute atomic E-state index is 0.195. The van der Waals surface area contributed by atoms with Crippen LogP contribution in [-0.2, 0) is 0 Å². The summed E-state index contributed by atoms with van der Waals surface area (Å²) < 4.78 is 33.0. The summed E-state index contributed by atoms with van der Waals surface area (Å²) in [6.07, 6.45) is 4.75. The fourth-order valence-corrected chi connectivity index (χ4v) is 4.92. The van der Waals surface area contributed by atoms with E-state index in [0.717, 1.165) is 53.4 Å². The lowest BCUT2D eigenvalue weighted by molar-refractivity contribution is 0.171. The van der Waals surface area contributed by atoms with Crippen molar-refractivity contribution in [3.05, 3.63) is 60.9 Å². The molecule has 4 aromatic rings. The summed E-state index contributed by atoms with van der Waals surface area (Å²) in [4.78, 5) is 13.8. The summed E-state index contributed by atoms with van der Waals surface area (Å²) in [5.41, 5.74) is 5.62. The van der Waals surface area contributed by atoms with Gasteiger partial charge in [0.1, 0.15) is 0 Å². The third-order valence-electron chi connectivity index (χ3n) is 7.27. The molecule has 10 nitrogen and oxygen atoms in total. The molecular weight excluding hydrogens is 524 g/mol. The Balaban J connectivity index is 1.04. The Morgan fingerprint density at radius 2 is 1.12 bits per heavy atom. The van der Waals surface area contributed by atoms with Gasteiger partial charge in [-0.15, -0.1) is 0 Å². The van der Waals surface area contributed by atoms with Crippen molar-refractivity contribution in [3.63, 3.8) is 0 Å². The molecule has 2 aromatic carbocycles. The molecule has 6 rings (SSSR count). The van der Waals surface area contributed by atoms with Gasteiger partial charge in [0.25, 0.3) is 0 Å². The number of hydrogen-bond donors (Lipinski definition) is 0. The largest absolute Gasteiger partial charge is 0.493 e. The summed E-state index contributed by atoms with van der Waals surface area (Å²) in [5.74, 6) is 3.89. The van der Waals surface area contributed by atoms with Crippen LogP contribution in [0.25, 0.3) is 22.5 Å². The molecule has 0 amide bonds. The number of nitrogens with zero attached hydrogens (tertiary/aromatic N) is 4. The topological polar surface area (TPSA) is 87.6 Å². The summed E-state index contributed by atoms with van der Waals surface area (Å²) >= 11 is 0. The predicted octanol–water partition coefficient (Wildman–Crippen LogP) is 5.25. The first-order valence-corrected chi connectivity index (χ1v) is 13.3. The molecule has 0 saturated heterocycles. The van der Waals surface area contributed by atoms with Gasteiger partial charge in [-0.1, -0.05) is 0 Å². The van der Waals surface area contributed by atoms with Crippen LogP contribution in [0.1, 0.15) is 6.42 Å². The lowest BCUT2D eigenvalue weighted by Crippen LogP contribution is -2.25. The maximum Gasteiger partial charge on any atom is 0.231 e. The summed E-state index contributed by atoms with van der Waals surface area (Å²) in [6, 6.07) is 15.9. The molecule has 2 aliphatic heterocycles. The third-order valence-corrected chi connectivity index (χ3v) is 7.27. The fraction of sp³-hybridized carbons (Fsp3) is 0.290. The maximum atomic E-state index is 5.55. The van der Waals surface area contributed by atoms with E-state index in [1.54, 1.807) is 14.2 Å². The first-order valence-electron chi connectivity index (χ1n) is 13.3. The molecule has 2 aromatic heterocycles. The van der Waals surface area contributed by atoms with Gasteiger partial charge in [-0.3, -0.25) is 9.97 Å². The van der Waals surface area contributed by atoms with Crippen molar-refractivity contribution in [1.82, 2.24) is 9.97 Å². The number of ether oxygens (including phenoxy) is 6. The maximum absolute atomic E-state index is 5.55. The lowest BCUT2D eigenvalue weighted by atomic mass is 10.1. The Labute approximate surface area is 239 Å². The molecule has 0 atom stereocenters. The highest BCUT2D eigenvalue weighted by molar-refractivity contribution is 5.71. The number of benzene rings is 2. The van der Waals surface area contributed by atoms with Crippen molar-refractivity contribution >= 4 is 11.4 Å². The van der Waals surface area contributed by atoms with Crippen molar-refractivity contribution in [3.8, 4) is 57.0 Å². The van der Waals surface area contributed by atoms with Crippen LogP contribution in [-0.4, -0.2) is 65.0 Å². The predicted molar refractivity (Wildman–Crippen MR) is 156 cm³/mol. The van der Waals surface area contributed by atoms with E-state index in [-0.39, 0.29) is 13.6 Å². The van der Waals surface area contributed by atoms with E-state index < -0.39 is 0 Å². The Bertz CT molecular complexity index is 1410. The number of methoxy groups -OCH3 is 2. The van der Waals surface area contributed by atoms with Crippen molar-refractivity contribution in [2.45, 2.75) is 6.42 Å². The third kappa shape index (κ3) is 5.32. The zero-order valence-corrected chi connectivity index (χ0v) is 23.5. The van der Waals surface area contributed by atoms with Crippen LogP contribution < -0.4 is 38.2 Å². The summed E-state index contributed by atoms with van der Waals surface area (Å²) in [6.45, 7) is 2.15. The lowest BCUT2D eigenvalue weighted by Gasteiger charge is -2.23. The van der Waals surface area contributed by atoms with Gasteiger partial charge in [0, 0.05) is 38.3 Å². The Kier molecular flexibility index (Phi) is 7.28. The Morgan fingerprint density at radius 1 is 0.659 bits per heavy atom. The molecule has 10 heteroatoms. The molecule has 2 aliphatic rings. The highest BCUT2D eigenvalue weighted by Crippen LogP contribution is 2.45. The molecule has 0 unspecified atom stereocenters. The standard InChI is InChI=1S/C31H32N4O6/c1-34(22-6-8-24(32-16-22)20-12-26(36-3)30-28(14-20)38-18-40-30)10-5-11-35(2)23-7-9-25(33-17-23)21-13-27(37-4)31-29(15-21)39-19-41-31/h6-9,12-17H,5,10-11,18-19H2,1-4H3. The summed E-state index contributed by atoms with van der Waals surface area (Å²) in [7, 11) is 7.40.